The zero-order valence-corrected chi connectivity index (χ0v) is 22.6. The highest BCUT2D eigenvalue weighted by molar-refractivity contribution is 5.92. The maximum atomic E-state index is 13.7. The van der Waals surface area contributed by atoms with Gasteiger partial charge in [-0.15, -0.1) is 0 Å². The molecular weight excluding hydrogens is 551 g/mol. The van der Waals surface area contributed by atoms with Crippen molar-refractivity contribution in [3.8, 4) is 11.1 Å². The van der Waals surface area contributed by atoms with E-state index in [1.807, 2.05) is 83.8 Å². The highest BCUT2D eigenvalue weighted by Crippen LogP contribution is 2.44. The summed E-state index contributed by atoms with van der Waals surface area (Å²) in [4.78, 5) is 40.4. The first-order valence-electron chi connectivity index (χ1n) is 13.5. The van der Waals surface area contributed by atoms with Gasteiger partial charge >= 0.3 is 18.2 Å². The summed E-state index contributed by atoms with van der Waals surface area (Å²) < 4.78 is 45.8. The summed E-state index contributed by atoms with van der Waals surface area (Å²) >= 11 is 0. The molecule has 2 N–H and O–H groups in total. The van der Waals surface area contributed by atoms with Gasteiger partial charge in [0.05, 0.1) is 0 Å². The smallest absolute Gasteiger partial charge is 0.408 e. The molecule has 5 rings (SSSR count). The lowest BCUT2D eigenvalue weighted by atomic mass is 9.96. The second-order valence-electron chi connectivity index (χ2n) is 10.6. The molecule has 0 spiro atoms. The number of carboxylic acids is 1. The zero-order chi connectivity index (χ0) is 29.9. The number of amides is 2. The number of hydrogen-bond acceptors (Lipinski definition) is 5. The Labute approximate surface area is 240 Å². The molecule has 3 aromatic carbocycles. The summed E-state index contributed by atoms with van der Waals surface area (Å²) in [6, 6.07) is 24.8. The summed E-state index contributed by atoms with van der Waals surface area (Å²) in [6.07, 6.45) is -5.82. The Morgan fingerprint density at radius 2 is 1.55 bits per heavy atom. The highest BCUT2D eigenvalue weighted by Gasteiger charge is 2.50. The number of nitrogens with one attached hydrogen (secondary N) is 1. The monoisotopic (exact) mass is 581 g/mol. The van der Waals surface area contributed by atoms with Gasteiger partial charge in [0.2, 0.25) is 0 Å². The maximum Gasteiger partial charge on any atom is 0.408 e. The quantitative estimate of drug-likeness (QED) is 0.382. The van der Waals surface area contributed by atoms with Crippen LogP contribution in [0.15, 0.2) is 78.9 Å². The predicted octanol–water partition coefficient (Wildman–Crippen LogP) is 4.65. The number of fused-ring (bicyclic) bond motifs is 3. The van der Waals surface area contributed by atoms with E-state index in [1.165, 1.54) is 0 Å². The van der Waals surface area contributed by atoms with E-state index in [9.17, 15) is 32.7 Å². The van der Waals surface area contributed by atoms with Crippen molar-refractivity contribution in [1.29, 1.82) is 0 Å². The first-order valence-corrected chi connectivity index (χ1v) is 13.5. The summed E-state index contributed by atoms with van der Waals surface area (Å²) in [5, 5.41) is 11.8. The van der Waals surface area contributed by atoms with E-state index in [4.69, 9.17) is 4.74 Å². The second-order valence-corrected chi connectivity index (χ2v) is 10.6. The molecule has 1 saturated heterocycles. The standard InChI is InChI=1S/C31H30F3N3O5/c32-31(33,34)20-37(17-27(38)39)28(40)30(14-15-36(19-30)16-21-8-2-1-3-9-21)35-29(41)42-18-26-24-12-6-4-10-22(24)23-11-5-7-13-25(23)26/h1-13,26H,14-20H2,(H,35,41)(H,38,39). The molecule has 2 aliphatic rings. The van der Waals surface area contributed by atoms with Crippen molar-refractivity contribution >= 4 is 18.0 Å². The van der Waals surface area contributed by atoms with E-state index in [1.54, 1.807) is 0 Å². The Balaban J connectivity index is 1.36. The molecule has 0 radical (unpaired) electrons. The number of aliphatic carboxylic acids is 1. The van der Waals surface area contributed by atoms with Crippen LogP contribution in [0.5, 0.6) is 0 Å². The molecule has 1 heterocycles. The van der Waals surface area contributed by atoms with Crippen molar-refractivity contribution in [2.45, 2.75) is 30.6 Å². The van der Waals surface area contributed by atoms with Gasteiger partial charge in [0.1, 0.15) is 25.2 Å². The fraction of sp³-hybridized carbons (Fsp3) is 0.323. The SMILES string of the molecule is O=C(O)CN(CC(F)(F)F)C(=O)C1(NC(=O)OCC2c3ccccc3-c3ccccc32)CCN(Cc2ccccc2)C1. The highest BCUT2D eigenvalue weighted by atomic mass is 19.4. The maximum absolute atomic E-state index is 13.7. The molecule has 0 aromatic heterocycles. The molecule has 0 saturated carbocycles. The molecule has 11 heteroatoms. The number of carbonyl (C=O) groups is 3. The van der Waals surface area contributed by atoms with E-state index in [2.05, 4.69) is 5.32 Å². The fourth-order valence-corrected chi connectivity index (χ4v) is 5.91. The van der Waals surface area contributed by atoms with Crippen molar-refractivity contribution in [3.05, 3.63) is 95.6 Å². The average molecular weight is 582 g/mol. The van der Waals surface area contributed by atoms with Crippen LogP contribution in [-0.4, -0.2) is 77.4 Å². The first-order chi connectivity index (χ1) is 20.0. The van der Waals surface area contributed by atoms with Crippen LogP contribution in [0.2, 0.25) is 0 Å². The summed E-state index contributed by atoms with van der Waals surface area (Å²) in [5.74, 6) is -2.98. The minimum Gasteiger partial charge on any atom is -0.480 e. The van der Waals surface area contributed by atoms with E-state index >= 15 is 0 Å². The van der Waals surface area contributed by atoms with Crippen LogP contribution in [0.25, 0.3) is 11.1 Å². The Kier molecular flexibility index (Phi) is 8.22. The van der Waals surface area contributed by atoms with E-state index in [0.717, 1.165) is 27.8 Å². The Bertz CT molecular complexity index is 1420. The predicted molar refractivity (Wildman–Crippen MR) is 148 cm³/mol. The molecule has 2 amide bonds. The van der Waals surface area contributed by atoms with Crippen LogP contribution in [0.4, 0.5) is 18.0 Å². The third-order valence-corrected chi connectivity index (χ3v) is 7.68. The van der Waals surface area contributed by atoms with E-state index < -0.39 is 42.8 Å². The van der Waals surface area contributed by atoms with Crippen molar-refractivity contribution in [3.63, 3.8) is 0 Å². The van der Waals surface area contributed by atoms with Crippen molar-refractivity contribution in [2.24, 2.45) is 0 Å². The number of alkyl carbamates (subject to hydrolysis) is 1. The summed E-state index contributed by atoms with van der Waals surface area (Å²) in [7, 11) is 0. The lowest BCUT2D eigenvalue weighted by Gasteiger charge is -2.34. The number of alkyl halides is 3. The molecule has 1 atom stereocenters. The molecule has 0 bridgehead atoms. The van der Waals surface area contributed by atoms with Gasteiger partial charge in [0, 0.05) is 25.6 Å². The lowest BCUT2D eigenvalue weighted by Crippen LogP contribution is -2.62. The fourth-order valence-electron chi connectivity index (χ4n) is 5.91. The lowest BCUT2D eigenvalue weighted by molar-refractivity contribution is -0.169. The van der Waals surface area contributed by atoms with Gasteiger partial charge in [-0.25, -0.2) is 4.79 Å². The number of rotatable bonds is 9. The molecular formula is C31H30F3N3O5. The van der Waals surface area contributed by atoms with Crippen molar-refractivity contribution in [2.75, 3.05) is 32.8 Å². The molecule has 1 unspecified atom stereocenters. The van der Waals surface area contributed by atoms with Gasteiger partial charge in [-0.3, -0.25) is 14.5 Å². The zero-order valence-electron chi connectivity index (χ0n) is 22.6. The van der Waals surface area contributed by atoms with Gasteiger partial charge in [-0.1, -0.05) is 78.9 Å². The van der Waals surface area contributed by atoms with Gasteiger partial charge in [-0.2, -0.15) is 13.2 Å². The van der Waals surface area contributed by atoms with Crippen molar-refractivity contribution < 1.29 is 37.4 Å². The molecule has 220 valence electrons. The molecule has 1 aliphatic heterocycles. The van der Waals surface area contributed by atoms with Crippen LogP contribution in [0.1, 0.15) is 29.0 Å². The van der Waals surface area contributed by atoms with Gasteiger partial charge in [-0.05, 0) is 34.2 Å². The summed E-state index contributed by atoms with van der Waals surface area (Å²) in [5.41, 5.74) is 3.11. The van der Waals surface area contributed by atoms with Crippen LogP contribution < -0.4 is 5.32 Å². The average Bonchev–Trinajstić information content (AvgIpc) is 3.50. The van der Waals surface area contributed by atoms with Gasteiger partial charge in [0.15, 0.2) is 0 Å². The normalized spacial score (nSPS) is 18.3. The molecule has 8 nitrogen and oxygen atoms in total. The van der Waals surface area contributed by atoms with E-state index in [0.29, 0.717) is 6.54 Å². The van der Waals surface area contributed by atoms with Crippen LogP contribution in [0, 0.1) is 0 Å². The molecule has 1 aliphatic carbocycles. The number of nitrogens with zero attached hydrogens (tertiary/aromatic N) is 2. The van der Waals surface area contributed by atoms with Gasteiger partial charge in [0.25, 0.3) is 5.91 Å². The minimum atomic E-state index is -4.83. The van der Waals surface area contributed by atoms with Crippen molar-refractivity contribution in [1.82, 2.24) is 15.1 Å². The number of carboxylic acid groups (broad SMARTS) is 1. The number of benzene rings is 3. The van der Waals surface area contributed by atoms with Crippen LogP contribution >= 0.6 is 0 Å². The van der Waals surface area contributed by atoms with E-state index in [-0.39, 0.29) is 36.9 Å². The number of halogens is 3. The summed E-state index contributed by atoms with van der Waals surface area (Å²) in [6.45, 7) is -2.41. The Hall–Kier alpha value is -4.38. The first kappa shape index (κ1) is 29.1. The largest absolute Gasteiger partial charge is 0.480 e. The number of carbonyl (C=O) groups excluding carboxylic acids is 2. The van der Waals surface area contributed by atoms with Crippen LogP contribution in [0.3, 0.4) is 0 Å². The Morgan fingerprint density at radius 3 is 2.14 bits per heavy atom. The molecule has 42 heavy (non-hydrogen) atoms. The topological polar surface area (TPSA) is 99.2 Å². The number of likely N-dealkylation sites (tertiary alicyclic amines) is 1. The molecule has 1 fully saturated rings. The molecule has 3 aromatic rings. The number of ether oxygens (including phenoxy) is 1. The minimum absolute atomic E-state index is 0.0170. The van der Waals surface area contributed by atoms with Crippen LogP contribution in [-0.2, 0) is 20.9 Å². The van der Waals surface area contributed by atoms with Gasteiger partial charge < -0.3 is 20.1 Å². The number of hydrogen-bond donors (Lipinski definition) is 2. The third kappa shape index (κ3) is 6.41. The second kappa shape index (κ2) is 11.8. The third-order valence-electron chi connectivity index (χ3n) is 7.68. The Morgan fingerprint density at radius 1 is 0.952 bits per heavy atom.